The fourth-order valence-corrected chi connectivity index (χ4v) is 0.932. The molecule has 0 aliphatic carbocycles. The molecule has 0 fully saturated rings. The molecule has 0 saturated heterocycles. The maximum absolute atomic E-state index is 12.7. The molecule has 0 aliphatic rings. The van der Waals surface area contributed by atoms with Gasteiger partial charge in [0.15, 0.2) is 0 Å². The van der Waals surface area contributed by atoms with Crippen LogP contribution >= 0.6 is 0 Å². The molecule has 0 amide bonds. The molecule has 0 spiro atoms. The molecule has 1 rings (SSSR count). The number of allylic oxidation sites excluding steroid dienone is 2. The Morgan fingerprint density at radius 3 is 2.83 bits per heavy atom. The van der Waals surface area contributed by atoms with Gasteiger partial charge in [-0.1, -0.05) is 12.1 Å². The van der Waals surface area contributed by atoms with Crippen molar-refractivity contribution in [3.05, 3.63) is 41.7 Å². The number of carbonyl (C=O) groups is 1. The standard InChI is InChI=1S/C10H9FO/c1-8(5-6-12)9-3-2-4-10(11)7-9/h2-7H,1H3/b8-5+. The number of benzene rings is 1. The maximum Gasteiger partial charge on any atom is 0.143 e. The van der Waals surface area contributed by atoms with Gasteiger partial charge in [-0.25, -0.2) is 4.39 Å². The quantitative estimate of drug-likeness (QED) is 0.484. The van der Waals surface area contributed by atoms with E-state index in [9.17, 15) is 9.18 Å². The zero-order valence-electron chi connectivity index (χ0n) is 6.75. The molecule has 0 bridgehead atoms. The third-order valence-corrected chi connectivity index (χ3v) is 1.60. The molecule has 2 heteroatoms. The molecule has 0 aliphatic heterocycles. The van der Waals surface area contributed by atoms with E-state index in [1.165, 1.54) is 18.2 Å². The normalized spacial score (nSPS) is 11.3. The molecule has 62 valence electrons. The number of hydrogen-bond acceptors (Lipinski definition) is 1. The first-order chi connectivity index (χ1) is 5.74. The van der Waals surface area contributed by atoms with E-state index in [1.54, 1.807) is 19.1 Å². The monoisotopic (exact) mass is 164 g/mol. The zero-order chi connectivity index (χ0) is 8.97. The van der Waals surface area contributed by atoms with Crippen LogP contribution in [-0.2, 0) is 4.79 Å². The lowest BCUT2D eigenvalue weighted by atomic mass is 10.1. The van der Waals surface area contributed by atoms with Crippen molar-refractivity contribution in [1.29, 1.82) is 0 Å². The fourth-order valence-electron chi connectivity index (χ4n) is 0.932. The van der Waals surface area contributed by atoms with Crippen LogP contribution in [0.3, 0.4) is 0 Å². The van der Waals surface area contributed by atoms with Crippen molar-refractivity contribution in [2.45, 2.75) is 6.92 Å². The summed E-state index contributed by atoms with van der Waals surface area (Å²) in [6.45, 7) is 1.77. The smallest absolute Gasteiger partial charge is 0.143 e. The highest BCUT2D eigenvalue weighted by molar-refractivity contribution is 5.80. The summed E-state index contributed by atoms with van der Waals surface area (Å²) >= 11 is 0. The number of aldehydes is 1. The Morgan fingerprint density at radius 1 is 1.50 bits per heavy atom. The first kappa shape index (κ1) is 8.65. The van der Waals surface area contributed by atoms with Gasteiger partial charge in [-0.3, -0.25) is 4.79 Å². The lowest BCUT2D eigenvalue weighted by Crippen LogP contribution is -1.81. The lowest BCUT2D eigenvalue weighted by molar-refractivity contribution is -0.104. The molecule has 0 heterocycles. The summed E-state index contributed by atoms with van der Waals surface area (Å²) in [6.07, 6.45) is 2.11. The summed E-state index contributed by atoms with van der Waals surface area (Å²) in [6, 6.07) is 6.15. The second-order valence-corrected chi connectivity index (χ2v) is 2.50. The molecule has 1 aromatic rings. The van der Waals surface area contributed by atoms with Gasteiger partial charge in [-0.15, -0.1) is 0 Å². The molecule has 12 heavy (non-hydrogen) atoms. The second-order valence-electron chi connectivity index (χ2n) is 2.50. The highest BCUT2D eigenvalue weighted by Gasteiger charge is 1.95. The van der Waals surface area contributed by atoms with Crippen molar-refractivity contribution >= 4 is 11.9 Å². The minimum absolute atomic E-state index is 0.286. The van der Waals surface area contributed by atoms with Crippen molar-refractivity contribution in [1.82, 2.24) is 0 Å². The molecule has 0 aromatic heterocycles. The van der Waals surface area contributed by atoms with Crippen LogP contribution in [0.25, 0.3) is 5.57 Å². The second kappa shape index (κ2) is 3.81. The average molecular weight is 164 g/mol. The van der Waals surface area contributed by atoms with Gasteiger partial charge in [0.2, 0.25) is 0 Å². The van der Waals surface area contributed by atoms with Crippen LogP contribution in [0.4, 0.5) is 4.39 Å². The van der Waals surface area contributed by atoms with Gasteiger partial charge >= 0.3 is 0 Å². The van der Waals surface area contributed by atoms with Crippen molar-refractivity contribution in [3.63, 3.8) is 0 Å². The van der Waals surface area contributed by atoms with Crippen molar-refractivity contribution in [3.8, 4) is 0 Å². The van der Waals surface area contributed by atoms with Gasteiger partial charge < -0.3 is 0 Å². The lowest BCUT2D eigenvalue weighted by Gasteiger charge is -1.98. The SMILES string of the molecule is C/C(=C\C=O)c1cccc(F)c1. The minimum atomic E-state index is -0.286. The number of rotatable bonds is 2. The van der Waals surface area contributed by atoms with Crippen LogP contribution in [0, 0.1) is 5.82 Å². The Bertz CT molecular complexity index is 315. The largest absolute Gasteiger partial charge is 0.299 e. The number of carbonyl (C=O) groups excluding carboxylic acids is 1. The molecule has 1 aromatic carbocycles. The van der Waals surface area contributed by atoms with Crippen molar-refractivity contribution in [2.75, 3.05) is 0 Å². The van der Waals surface area contributed by atoms with Crippen LogP contribution in [0.15, 0.2) is 30.3 Å². The summed E-state index contributed by atoms with van der Waals surface area (Å²) in [5.74, 6) is -0.286. The van der Waals surface area contributed by atoms with Crippen LogP contribution in [0.2, 0.25) is 0 Å². The molecule has 0 saturated carbocycles. The Hall–Kier alpha value is -1.44. The van der Waals surface area contributed by atoms with E-state index in [0.29, 0.717) is 6.29 Å². The summed E-state index contributed by atoms with van der Waals surface area (Å²) in [4.78, 5) is 10.1. The number of halogens is 1. The first-order valence-corrected chi connectivity index (χ1v) is 3.62. The van der Waals surface area contributed by atoms with Crippen LogP contribution in [-0.4, -0.2) is 6.29 Å². The molecular weight excluding hydrogens is 155 g/mol. The summed E-state index contributed by atoms with van der Waals surface area (Å²) < 4.78 is 12.7. The Morgan fingerprint density at radius 2 is 2.25 bits per heavy atom. The van der Waals surface area contributed by atoms with Gasteiger partial charge in [-0.05, 0) is 36.3 Å². The van der Waals surface area contributed by atoms with E-state index >= 15 is 0 Å². The van der Waals surface area contributed by atoms with Crippen molar-refractivity contribution in [2.24, 2.45) is 0 Å². The molecule has 0 atom stereocenters. The average Bonchev–Trinajstić information content (AvgIpc) is 2.05. The molecule has 0 radical (unpaired) electrons. The van der Waals surface area contributed by atoms with Crippen LogP contribution < -0.4 is 0 Å². The molecule has 0 N–H and O–H groups in total. The van der Waals surface area contributed by atoms with Crippen molar-refractivity contribution < 1.29 is 9.18 Å². The summed E-state index contributed by atoms with van der Waals surface area (Å²) in [5.41, 5.74) is 1.51. The highest BCUT2D eigenvalue weighted by atomic mass is 19.1. The van der Waals surface area contributed by atoms with Gasteiger partial charge in [0.1, 0.15) is 12.1 Å². The number of hydrogen-bond donors (Lipinski definition) is 0. The first-order valence-electron chi connectivity index (χ1n) is 3.62. The molecule has 1 nitrogen and oxygen atoms in total. The van der Waals surface area contributed by atoms with E-state index in [0.717, 1.165) is 11.1 Å². The Balaban J connectivity index is 3.03. The maximum atomic E-state index is 12.7. The third kappa shape index (κ3) is 2.02. The van der Waals surface area contributed by atoms with E-state index in [4.69, 9.17) is 0 Å². The predicted molar refractivity (Wildman–Crippen MR) is 46.1 cm³/mol. The zero-order valence-corrected chi connectivity index (χ0v) is 6.75. The van der Waals surface area contributed by atoms with Crippen LogP contribution in [0.1, 0.15) is 12.5 Å². The van der Waals surface area contributed by atoms with Crippen LogP contribution in [0.5, 0.6) is 0 Å². The summed E-state index contributed by atoms with van der Waals surface area (Å²) in [7, 11) is 0. The van der Waals surface area contributed by atoms with E-state index in [-0.39, 0.29) is 5.82 Å². The van der Waals surface area contributed by atoms with Gasteiger partial charge in [0, 0.05) is 0 Å². The topological polar surface area (TPSA) is 17.1 Å². The van der Waals surface area contributed by atoms with E-state index in [1.807, 2.05) is 0 Å². The summed E-state index contributed by atoms with van der Waals surface area (Å²) in [5, 5.41) is 0. The Kier molecular flexibility index (Phi) is 2.75. The molecule has 0 unspecified atom stereocenters. The van der Waals surface area contributed by atoms with Gasteiger partial charge in [0.05, 0.1) is 0 Å². The Labute approximate surface area is 70.5 Å². The predicted octanol–water partition coefficient (Wildman–Crippen LogP) is 2.43. The van der Waals surface area contributed by atoms with E-state index < -0.39 is 0 Å². The highest BCUT2D eigenvalue weighted by Crippen LogP contribution is 2.13. The van der Waals surface area contributed by atoms with E-state index in [2.05, 4.69) is 0 Å². The third-order valence-electron chi connectivity index (χ3n) is 1.60. The van der Waals surface area contributed by atoms with Gasteiger partial charge in [-0.2, -0.15) is 0 Å². The minimum Gasteiger partial charge on any atom is -0.299 e. The van der Waals surface area contributed by atoms with Gasteiger partial charge in [0.25, 0.3) is 0 Å². The fraction of sp³-hybridized carbons (Fsp3) is 0.100. The molecular formula is C10H9FO.